The number of aliphatic carboxylic acids is 1. The minimum absolute atomic E-state index is 0.0640. The highest BCUT2D eigenvalue weighted by molar-refractivity contribution is 5.86. The van der Waals surface area contributed by atoms with E-state index in [9.17, 15) is 19.1 Å². The number of amides is 1. The lowest BCUT2D eigenvalue weighted by Crippen LogP contribution is -2.43. The molecule has 1 aromatic carbocycles. The lowest BCUT2D eigenvalue weighted by atomic mass is 9.81. The second-order valence-electron chi connectivity index (χ2n) is 7.69. The topological polar surface area (TPSA) is 82.5 Å². The molecule has 1 aliphatic heterocycles. The maximum Gasteiger partial charge on any atom is 0.310 e. The van der Waals surface area contributed by atoms with E-state index >= 15 is 0 Å². The Balaban J connectivity index is 1.39. The minimum atomic E-state index is -1.10. The van der Waals surface area contributed by atoms with Crippen LogP contribution >= 0.6 is 0 Å². The number of carboxylic acids is 1. The van der Waals surface area contributed by atoms with Crippen molar-refractivity contribution in [2.45, 2.75) is 31.7 Å². The van der Waals surface area contributed by atoms with Gasteiger partial charge in [-0.2, -0.15) is 0 Å². The van der Waals surface area contributed by atoms with Gasteiger partial charge in [0.1, 0.15) is 0 Å². The molecule has 146 valence electrons. The summed E-state index contributed by atoms with van der Waals surface area (Å²) in [4.78, 5) is 30.5. The van der Waals surface area contributed by atoms with Gasteiger partial charge in [0, 0.05) is 31.7 Å². The van der Waals surface area contributed by atoms with Crippen LogP contribution in [0.25, 0.3) is 0 Å². The lowest BCUT2D eigenvalue weighted by molar-refractivity contribution is -0.151. The molecule has 2 heterocycles. The van der Waals surface area contributed by atoms with Crippen molar-refractivity contribution in [2.24, 2.45) is 5.41 Å². The Hall–Kier alpha value is -2.96. The molecule has 1 aliphatic carbocycles. The largest absolute Gasteiger partial charge is 0.481 e. The third-order valence-electron chi connectivity index (χ3n) is 5.72. The fourth-order valence-electron chi connectivity index (χ4n) is 4.31. The van der Waals surface area contributed by atoms with Crippen molar-refractivity contribution in [3.05, 3.63) is 59.5 Å². The summed E-state index contributed by atoms with van der Waals surface area (Å²) in [5.41, 5.74) is 0.893. The number of hydrogen-bond donors (Lipinski definition) is 2. The van der Waals surface area contributed by atoms with Crippen molar-refractivity contribution in [1.82, 2.24) is 10.3 Å². The smallest absolute Gasteiger partial charge is 0.310 e. The van der Waals surface area contributed by atoms with Gasteiger partial charge in [0.05, 0.1) is 5.41 Å². The number of fused-ring (bicyclic) bond motifs is 1. The third kappa shape index (κ3) is 3.44. The quantitative estimate of drug-likeness (QED) is 0.827. The molecule has 1 aromatic heterocycles. The number of carbonyl (C=O) groups is 2. The zero-order valence-electron chi connectivity index (χ0n) is 15.4. The number of pyridine rings is 1. The number of anilines is 1. The van der Waals surface area contributed by atoms with Crippen LogP contribution in [-0.4, -0.2) is 41.1 Å². The molecule has 7 heteroatoms. The summed E-state index contributed by atoms with van der Waals surface area (Å²) < 4.78 is 13.9. The van der Waals surface area contributed by atoms with E-state index in [1.165, 1.54) is 6.07 Å². The highest BCUT2D eigenvalue weighted by Crippen LogP contribution is 2.40. The number of nitrogens with zero attached hydrogens (tertiary/aromatic N) is 2. The fourth-order valence-corrected chi connectivity index (χ4v) is 4.31. The number of benzene rings is 1. The molecular weight excluding hydrogens is 361 g/mol. The van der Waals surface area contributed by atoms with Gasteiger partial charge in [0.15, 0.2) is 11.6 Å². The van der Waals surface area contributed by atoms with Crippen molar-refractivity contribution >= 4 is 17.7 Å². The maximum atomic E-state index is 13.9. The van der Waals surface area contributed by atoms with Crippen molar-refractivity contribution in [2.75, 3.05) is 18.0 Å². The van der Waals surface area contributed by atoms with Gasteiger partial charge in [-0.25, -0.2) is 9.37 Å². The van der Waals surface area contributed by atoms with Crippen LogP contribution in [0.1, 0.15) is 24.0 Å². The number of aromatic nitrogens is 1. The van der Waals surface area contributed by atoms with E-state index in [1.54, 1.807) is 17.2 Å². The van der Waals surface area contributed by atoms with Crippen molar-refractivity contribution < 1.29 is 19.1 Å². The Bertz CT molecular complexity index is 892. The van der Waals surface area contributed by atoms with E-state index in [1.807, 2.05) is 24.3 Å². The summed E-state index contributed by atoms with van der Waals surface area (Å²) in [6.45, 7) is 1.05. The van der Waals surface area contributed by atoms with Crippen LogP contribution in [0.4, 0.5) is 10.2 Å². The van der Waals surface area contributed by atoms with Crippen molar-refractivity contribution in [3.63, 3.8) is 0 Å². The van der Waals surface area contributed by atoms with Crippen LogP contribution in [0.2, 0.25) is 0 Å². The summed E-state index contributed by atoms with van der Waals surface area (Å²) in [5, 5.41) is 12.8. The van der Waals surface area contributed by atoms with Gasteiger partial charge in [-0.15, -0.1) is 0 Å². The Morgan fingerprint density at radius 1 is 1.21 bits per heavy atom. The number of nitrogens with one attached hydrogen (secondary N) is 1. The van der Waals surface area contributed by atoms with Crippen LogP contribution in [0.3, 0.4) is 0 Å². The zero-order valence-corrected chi connectivity index (χ0v) is 15.4. The Morgan fingerprint density at radius 2 is 1.93 bits per heavy atom. The predicted octanol–water partition coefficient (Wildman–Crippen LogP) is 2.18. The summed E-state index contributed by atoms with van der Waals surface area (Å²) in [6, 6.07) is 10.4. The SMILES string of the molecule is O=C(CC1(C(=O)O)Cc2ccccc2C1)N[C@H]1CCN(c2ncccc2F)C1. The minimum Gasteiger partial charge on any atom is -0.481 e. The monoisotopic (exact) mass is 383 g/mol. The second-order valence-corrected chi connectivity index (χ2v) is 7.69. The molecule has 0 saturated carbocycles. The molecule has 4 rings (SSSR count). The average Bonchev–Trinajstić information content (AvgIpc) is 3.26. The summed E-state index contributed by atoms with van der Waals surface area (Å²) in [5.74, 6) is -1.32. The molecule has 6 nitrogen and oxygen atoms in total. The number of halogens is 1. The van der Waals surface area contributed by atoms with Crippen LogP contribution in [0.15, 0.2) is 42.6 Å². The molecule has 1 atom stereocenters. The summed E-state index contributed by atoms with van der Waals surface area (Å²) in [6.07, 6.45) is 2.87. The van der Waals surface area contributed by atoms with E-state index in [-0.39, 0.29) is 30.0 Å². The first-order valence-corrected chi connectivity index (χ1v) is 9.42. The molecule has 1 amide bonds. The molecule has 28 heavy (non-hydrogen) atoms. The second kappa shape index (κ2) is 7.22. The molecule has 1 fully saturated rings. The van der Waals surface area contributed by atoms with E-state index < -0.39 is 11.4 Å². The number of hydrogen-bond acceptors (Lipinski definition) is 4. The van der Waals surface area contributed by atoms with E-state index in [4.69, 9.17) is 0 Å². The Kier molecular flexibility index (Phi) is 4.75. The zero-order chi connectivity index (χ0) is 19.7. The number of carbonyl (C=O) groups excluding carboxylic acids is 1. The molecule has 1 saturated heterocycles. The molecule has 2 N–H and O–H groups in total. The van der Waals surface area contributed by atoms with Crippen molar-refractivity contribution in [1.29, 1.82) is 0 Å². The third-order valence-corrected chi connectivity index (χ3v) is 5.72. The number of carboxylic acid groups (broad SMARTS) is 1. The van der Waals surface area contributed by atoms with Gasteiger partial charge < -0.3 is 15.3 Å². The first-order chi connectivity index (χ1) is 13.5. The first kappa shape index (κ1) is 18.4. The average molecular weight is 383 g/mol. The molecular formula is C21H22FN3O3. The normalized spacial score (nSPS) is 20.0. The van der Waals surface area contributed by atoms with Crippen LogP contribution < -0.4 is 10.2 Å². The Morgan fingerprint density at radius 3 is 2.57 bits per heavy atom. The van der Waals surface area contributed by atoms with E-state index in [2.05, 4.69) is 10.3 Å². The van der Waals surface area contributed by atoms with Gasteiger partial charge in [-0.1, -0.05) is 24.3 Å². The number of rotatable bonds is 5. The fraction of sp³-hybridized carbons (Fsp3) is 0.381. The first-order valence-electron chi connectivity index (χ1n) is 9.42. The van der Waals surface area contributed by atoms with Crippen LogP contribution in [0, 0.1) is 11.2 Å². The molecule has 0 bridgehead atoms. The van der Waals surface area contributed by atoms with Gasteiger partial charge in [-0.3, -0.25) is 9.59 Å². The van der Waals surface area contributed by atoms with E-state index in [0.29, 0.717) is 32.4 Å². The highest BCUT2D eigenvalue weighted by Gasteiger charge is 2.45. The van der Waals surface area contributed by atoms with Gasteiger partial charge in [-0.05, 0) is 42.5 Å². The van der Waals surface area contributed by atoms with E-state index in [0.717, 1.165) is 11.1 Å². The van der Waals surface area contributed by atoms with Crippen molar-refractivity contribution in [3.8, 4) is 0 Å². The molecule has 2 aromatic rings. The summed E-state index contributed by atoms with van der Waals surface area (Å²) in [7, 11) is 0. The molecule has 0 spiro atoms. The molecule has 0 radical (unpaired) electrons. The molecule has 0 unspecified atom stereocenters. The lowest BCUT2D eigenvalue weighted by Gasteiger charge is -2.24. The standard InChI is InChI=1S/C21H22FN3O3/c22-17-6-3-8-23-19(17)25-9-7-16(13-25)24-18(26)12-21(20(27)28)10-14-4-1-2-5-15(14)11-21/h1-6,8,16H,7,9-13H2,(H,24,26)(H,27,28)/t16-/m0/s1. The molecule has 2 aliphatic rings. The Labute approximate surface area is 162 Å². The summed E-state index contributed by atoms with van der Waals surface area (Å²) >= 11 is 0. The maximum absolute atomic E-state index is 13.9. The van der Waals surface area contributed by atoms with Crippen LogP contribution in [-0.2, 0) is 22.4 Å². The predicted molar refractivity (Wildman–Crippen MR) is 101 cm³/mol. The van der Waals surface area contributed by atoms with Crippen LogP contribution in [0.5, 0.6) is 0 Å². The van der Waals surface area contributed by atoms with Gasteiger partial charge in [0.25, 0.3) is 0 Å². The van der Waals surface area contributed by atoms with Gasteiger partial charge in [0.2, 0.25) is 5.91 Å². The van der Waals surface area contributed by atoms with Gasteiger partial charge >= 0.3 is 5.97 Å². The highest BCUT2D eigenvalue weighted by atomic mass is 19.1.